The van der Waals surface area contributed by atoms with Crippen molar-refractivity contribution < 1.29 is 22.1 Å². The quantitative estimate of drug-likeness (QED) is 0.508. The highest BCUT2D eigenvalue weighted by atomic mass is 35.5. The van der Waals surface area contributed by atoms with Crippen LogP contribution in [0.3, 0.4) is 0 Å². The Labute approximate surface area is 96.1 Å². The van der Waals surface area contributed by atoms with Gasteiger partial charge in [-0.3, -0.25) is 4.79 Å². The van der Waals surface area contributed by atoms with Gasteiger partial charge in [0.1, 0.15) is 5.69 Å². The van der Waals surface area contributed by atoms with Crippen molar-refractivity contribution in [3.8, 4) is 0 Å². The van der Waals surface area contributed by atoms with E-state index in [0.717, 1.165) is 12.2 Å². The molecular formula is C11H15ClN2O. The predicted octanol–water partition coefficient (Wildman–Crippen LogP) is -2.80. The summed E-state index contributed by atoms with van der Waals surface area (Å²) in [6.07, 6.45) is 0.622. The second-order valence-corrected chi connectivity index (χ2v) is 3.75. The average molecular weight is 227 g/mol. The molecule has 4 heteroatoms. The number of quaternary nitrogens is 1. The van der Waals surface area contributed by atoms with Crippen molar-refractivity contribution in [3.63, 3.8) is 0 Å². The van der Waals surface area contributed by atoms with Crippen LogP contribution in [-0.2, 0) is 4.79 Å². The Balaban J connectivity index is 0.00000112. The summed E-state index contributed by atoms with van der Waals surface area (Å²) in [6, 6.07) is 8.08. The number of hydrogen-bond donors (Lipinski definition) is 1. The van der Waals surface area contributed by atoms with E-state index in [0.29, 0.717) is 6.42 Å². The van der Waals surface area contributed by atoms with Crippen LogP contribution in [0.5, 0.6) is 0 Å². The monoisotopic (exact) mass is 226 g/mol. The fraction of sp³-hybridized carbons (Fsp3) is 0.364. The number of nitrogens with zero attached hydrogens (tertiary/aromatic N) is 1. The molecule has 0 spiro atoms. The number of halogens is 1. The topological polar surface area (TPSA) is 24.8 Å². The lowest BCUT2D eigenvalue weighted by Gasteiger charge is -2.16. The second kappa shape index (κ2) is 4.64. The molecule has 15 heavy (non-hydrogen) atoms. The molecule has 0 saturated heterocycles. The molecule has 1 aromatic carbocycles. The minimum absolute atomic E-state index is 0. The van der Waals surface area contributed by atoms with Gasteiger partial charge in [-0.15, -0.1) is 0 Å². The zero-order valence-electron chi connectivity index (χ0n) is 8.96. The van der Waals surface area contributed by atoms with Gasteiger partial charge in [-0.25, -0.2) is 0 Å². The molecule has 3 nitrogen and oxygen atoms in total. The number of rotatable bonds is 0. The Morgan fingerprint density at radius 1 is 1.33 bits per heavy atom. The summed E-state index contributed by atoms with van der Waals surface area (Å²) in [4.78, 5) is 14.7. The molecule has 82 valence electrons. The molecule has 1 aromatic rings. The molecule has 2 rings (SSSR count). The molecule has 0 aliphatic carbocycles. The van der Waals surface area contributed by atoms with Gasteiger partial charge >= 0.3 is 0 Å². The number of nitrogens with one attached hydrogen (secondary N) is 1. The predicted molar refractivity (Wildman–Crippen MR) is 55.9 cm³/mol. The number of carbonyl (C=O) groups is 1. The van der Waals surface area contributed by atoms with Crippen LogP contribution in [0, 0.1) is 0 Å². The third kappa shape index (κ3) is 2.13. The van der Waals surface area contributed by atoms with Crippen LogP contribution in [-0.4, -0.2) is 26.5 Å². The number of para-hydroxylation sites is 2. The highest BCUT2D eigenvalue weighted by Gasteiger charge is 2.24. The van der Waals surface area contributed by atoms with Gasteiger partial charge < -0.3 is 22.2 Å². The molecule has 0 bridgehead atoms. The van der Waals surface area contributed by atoms with Gasteiger partial charge in [0.15, 0.2) is 5.69 Å². The van der Waals surface area contributed by atoms with E-state index in [4.69, 9.17) is 0 Å². The zero-order chi connectivity index (χ0) is 10.1. The Bertz CT molecular complexity index is 367. The molecule has 1 heterocycles. The first-order valence-electron chi connectivity index (χ1n) is 4.88. The Hall–Kier alpha value is -1.06. The number of fused-ring (bicyclic) bond motifs is 1. The molecule has 0 fully saturated rings. The SMILES string of the molecule is CN1C(=O)CC[NH+](C)c2ccccc21.[Cl-]. The first kappa shape index (κ1) is 12.0. The fourth-order valence-corrected chi connectivity index (χ4v) is 1.86. The van der Waals surface area contributed by atoms with Crippen LogP contribution in [0.15, 0.2) is 24.3 Å². The summed E-state index contributed by atoms with van der Waals surface area (Å²) in [6.45, 7) is 0.875. The van der Waals surface area contributed by atoms with Crippen molar-refractivity contribution in [1.82, 2.24) is 0 Å². The summed E-state index contributed by atoms with van der Waals surface area (Å²) >= 11 is 0. The largest absolute Gasteiger partial charge is 1.00 e. The van der Waals surface area contributed by atoms with E-state index in [1.807, 2.05) is 25.2 Å². The van der Waals surface area contributed by atoms with Gasteiger partial charge in [0.05, 0.1) is 20.0 Å². The lowest BCUT2D eigenvalue weighted by atomic mass is 10.2. The number of hydrogen-bond acceptors (Lipinski definition) is 1. The van der Waals surface area contributed by atoms with Crippen LogP contribution in [0.1, 0.15) is 6.42 Å². The highest BCUT2D eigenvalue weighted by molar-refractivity contribution is 5.95. The number of amides is 1. The van der Waals surface area contributed by atoms with E-state index in [1.54, 1.807) is 4.90 Å². The van der Waals surface area contributed by atoms with Crippen molar-refractivity contribution in [2.75, 3.05) is 25.5 Å². The maximum atomic E-state index is 11.6. The first-order valence-corrected chi connectivity index (χ1v) is 4.88. The Morgan fingerprint density at radius 2 is 2.00 bits per heavy atom. The molecule has 0 radical (unpaired) electrons. The normalized spacial score (nSPS) is 20.3. The molecule has 1 N–H and O–H groups in total. The van der Waals surface area contributed by atoms with Crippen molar-refractivity contribution in [2.24, 2.45) is 0 Å². The Morgan fingerprint density at radius 3 is 2.73 bits per heavy atom. The van der Waals surface area contributed by atoms with Crippen LogP contribution < -0.4 is 22.2 Å². The fourth-order valence-electron chi connectivity index (χ4n) is 1.86. The van der Waals surface area contributed by atoms with Crippen molar-refractivity contribution in [3.05, 3.63) is 24.3 Å². The molecule has 1 unspecified atom stereocenters. The highest BCUT2D eigenvalue weighted by Crippen LogP contribution is 2.22. The number of anilines is 1. The van der Waals surface area contributed by atoms with Crippen molar-refractivity contribution in [1.29, 1.82) is 0 Å². The molecule has 0 aromatic heterocycles. The smallest absolute Gasteiger partial charge is 0.232 e. The summed E-state index contributed by atoms with van der Waals surface area (Å²) in [5.74, 6) is 0.203. The second-order valence-electron chi connectivity index (χ2n) is 3.75. The summed E-state index contributed by atoms with van der Waals surface area (Å²) in [5.41, 5.74) is 2.24. The van der Waals surface area contributed by atoms with E-state index in [2.05, 4.69) is 13.1 Å². The molecule has 1 amide bonds. The van der Waals surface area contributed by atoms with E-state index >= 15 is 0 Å². The van der Waals surface area contributed by atoms with Gasteiger partial charge in [0.2, 0.25) is 5.91 Å². The average Bonchev–Trinajstić information content (AvgIpc) is 2.33. The maximum absolute atomic E-state index is 11.6. The molecule has 1 aliphatic rings. The summed E-state index contributed by atoms with van der Waals surface area (Å²) < 4.78 is 0. The third-order valence-corrected chi connectivity index (χ3v) is 2.81. The van der Waals surface area contributed by atoms with E-state index < -0.39 is 0 Å². The number of benzene rings is 1. The van der Waals surface area contributed by atoms with Gasteiger partial charge in [0, 0.05) is 13.1 Å². The lowest BCUT2D eigenvalue weighted by Crippen LogP contribution is -3.03. The lowest BCUT2D eigenvalue weighted by molar-refractivity contribution is -0.808. The summed E-state index contributed by atoms with van der Waals surface area (Å²) in [7, 11) is 3.95. The van der Waals surface area contributed by atoms with Crippen LogP contribution in [0.25, 0.3) is 0 Å². The van der Waals surface area contributed by atoms with Gasteiger partial charge in [-0.1, -0.05) is 12.1 Å². The first-order chi connectivity index (χ1) is 6.70. The van der Waals surface area contributed by atoms with Crippen molar-refractivity contribution >= 4 is 17.3 Å². The van der Waals surface area contributed by atoms with E-state index in [1.165, 1.54) is 10.6 Å². The van der Waals surface area contributed by atoms with Crippen molar-refractivity contribution in [2.45, 2.75) is 6.42 Å². The molecule has 1 aliphatic heterocycles. The third-order valence-electron chi connectivity index (χ3n) is 2.81. The number of carbonyl (C=O) groups excluding carboxylic acids is 1. The van der Waals surface area contributed by atoms with E-state index in [9.17, 15) is 4.79 Å². The molecular weight excluding hydrogens is 212 g/mol. The minimum Gasteiger partial charge on any atom is -1.00 e. The Kier molecular flexibility index (Phi) is 3.72. The zero-order valence-corrected chi connectivity index (χ0v) is 9.71. The van der Waals surface area contributed by atoms with E-state index in [-0.39, 0.29) is 18.3 Å². The van der Waals surface area contributed by atoms with Gasteiger partial charge in [0.25, 0.3) is 0 Å². The van der Waals surface area contributed by atoms with Crippen LogP contribution in [0.4, 0.5) is 11.4 Å². The standard InChI is InChI=1S/C11H14N2O.ClH/c1-12-8-7-11(14)13(2)10-6-4-3-5-9(10)12;/h3-6H,7-8H2,1-2H3;1H. The molecule has 1 atom stereocenters. The minimum atomic E-state index is 0. The van der Waals surface area contributed by atoms with Gasteiger partial charge in [-0.2, -0.15) is 0 Å². The summed E-state index contributed by atoms with van der Waals surface area (Å²) in [5, 5.41) is 0. The van der Waals surface area contributed by atoms with Gasteiger partial charge in [-0.05, 0) is 6.07 Å². The maximum Gasteiger partial charge on any atom is 0.232 e. The van der Waals surface area contributed by atoms with Crippen LogP contribution in [0.2, 0.25) is 0 Å². The molecule has 0 saturated carbocycles. The van der Waals surface area contributed by atoms with Crippen LogP contribution >= 0.6 is 0 Å².